The van der Waals surface area contributed by atoms with E-state index >= 15 is 0 Å². The van der Waals surface area contributed by atoms with Gasteiger partial charge < -0.3 is 10.1 Å². The van der Waals surface area contributed by atoms with Crippen LogP contribution in [0.5, 0.6) is 5.88 Å². The smallest absolute Gasteiger partial charge is 0.331 e. The number of carbonyl (C=O) groups is 2. The van der Waals surface area contributed by atoms with Crippen molar-refractivity contribution >= 4 is 51.5 Å². The lowest BCUT2D eigenvalue weighted by atomic mass is 10.1. The van der Waals surface area contributed by atoms with Crippen LogP contribution < -0.4 is 15.5 Å². The van der Waals surface area contributed by atoms with Crippen molar-refractivity contribution in [3.8, 4) is 5.88 Å². The molecule has 1 aliphatic rings. The van der Waals surface area contributed by atoms with Crippen LogP contribution in [-0.4, -0.2) is 34.5 Å². The zero-order valence-corrected chi connectivity index (χ0v) is 15.3. The van der Waals surface area contributed by atoms with Crippen molar-refractivity contribution in [2.75, 3.05) is 12.4 Å². The van der Waals surface area contributed by atoms with Crippen molar-refractivity contribution in [2.45, 2.75) is 0 Å². The number of methoxy groups -OCH3 is 1. The zero-order valence-electron chi connectivity index (χ0n) is 13.1. The number of carbonyl (C=O) groups excluding carboxylic acids is 2. The summed E-state index contributed by atoms with van der Waals surface area (Å²) >= 11 is 2.09. The Labute approximate surface area is 159 Å². The zero-order chi connectivity index (χ0) is 18.8. The standard InChI is InChI=1S/C15H10IN5O5/c1-26-15-11(21(24)25)4-7(6-17-15)13(22)20-19-12-9-5-8(16)2-3-10(9)18-14(12)23/h2-6H,1H3,(H,20,22)(H,18,19,23). The fourth-order valence-corrected chi connectivity index (χ4v) is 2.75. The summed E-state index contributed by atoms with van der Waals surface area (Å²) in [4.78, 5) is 38.2. The Balaban J connectivity index is 1.87. The van der Waals surface area contributed by atoms with Crippen molar-refractivity contribution < 1.29 is 19.2 Å². The number of anilines is 1. The third kappa shape index (κ3) is 3.33. The molecule has 3 rings (SSSR count). The van der Waals surface area contributed by atoms with E-state index in [1.165, 1.54) is 7.11 Å². The third-order valence-electron chi connectivity index (χ3n) is 3.45. The number of nitrogens with one attached hydrogen (secondary N) is 2. The largest absolute Gasteiger partial charge is 0.476 e. The van der Waals surface area contributed by atoms with Gasteiger partial charge in [0, 0.05) is 21.4 Å². The predicted octanol–water partition coefficient (Wildman–Crippen LogP) is 1.69. The molecule has 0 atom stereocenters. The van der Waals surface area contributed by atoms with Crippen molar-refractivity contribution in [3.63, 3.8) is 0 Å². The van der Waals surface area contributed by atoms with Crippen LogP contribution in [0.1, 0.15) is 15.9 Å². The van der Waals surface area contributed by atoms with Gasteiger partial charge in [-0.3, -0.25) is 19.7 Å². The van der Waals surface area contributed by atoms with Gasteiger partial charge in [-0.05, 0) is 40.8 Å². The first-order chi connectivity index (χ1) is 12.4. The molecule has 132 valence electrons. The van der Waals surface area contributed by atoms with Gasteiger partial charge in [0.25, 0.3) is 17.7 Å². The number of hydrogen-bond donors (Lipinski definition) is 2. The summed E-state index contributed by atoms with van der Waals surface area (Å²) in [7, 11) is 1.23. The molecule has 1 aliphatic heterocycles. The Morgan fingerprint density at radius 2 is 2.19 bits per heavy atom. The van der Waals surface area contributed by atoms with Crippen LogP contribution in [0.15, 0.2) is 35.6 Å². The van der Waals surface area contributed by atoms with Crippen LogP contribution in [0.4, 0.5) is 11.4 Å². The van der Waals surface area contributed by atoms with E-state index in [0.717, 1.165) is 15.8 Å². The molecule has 0 saturated carbocycles. The molecule has 26 heavy (non-hydrogen) atoms. The second kappa shape index (κ2) is 7.03. The summed E-state index contributed by atoms with van der Waals surface area (Å²) in [6, 6.07) is 6.32. The van der Waals surface area contributed by atoms with E-state index in [-0.39, 0.29) is 17.2 Å². The molecule has 2 N–H and O–H groups in total. The monoisotopic (exact) mass is 467 g/mol. The highest BCUT2D eigenvalue weighted by Crippen LogP contribution is 2.26. The van der Waals surface area contributed by atoms with Gasteiger partial charge in [0.15, 0.2) is 5.71 Å². The minimum atomic E-state index is -0.748. The first kappa shape index (κ1) is 17.7. The molecule has 0 aliphatic carbocycles. The minimum absolute atomic E-state index is 0.0443. The van der Waals surface area contributed by atoms with Crippen molar-refractivity contribution in [1.82, 2.24) is 10.4 Å². The van der Waals surface area contributed by atoms with Crippen LogP contribution in [0.3, 0.4) is 0 Å². The van der Waals surface area contributed by atoms with E-state index in [1.54, 1.807) is 12.1 Å². The van der Waals surface area contributed by atoms with Gasteiger partial charge >= 0.3 is 5.69 Å². The Kier molecular flexibility index (Phi) is 4.79. The minimum Gasteiger partial charge on any atom is -0.476 e. The second-order valence-corrected chi connectivity index (χ2v) is 6.30. The number of halogens is 1. The number of rotatable bonds is 4. The van der Waals surface area contributed by atoms with E-state index in [0.29, 0.717) is 11.3 Å². The average molecular weight is 467 g/mol. The number of hydrazone groups is 1. The molecular formula is C15H10IN5O5. The Morgan fingerprint density at radius 3 is 2.88 bits per heavy atom. The van der Waals surface area contributed by atoms with E-state index in [2.05, 4.69) is 43.4 Å². The molecule has 1 aromatic carbocycles. The molecule has 0 fully saturated rings. The van der Waals surface area contributed by atoms with Crippen LogP contribution >= 0.6 is 22.6 Å². The molecule has 2 heterocycles. The Hall–Kier alpha value is -3.09. The SMILES string of the molecule is COc1ncc(C(=O)N/N=C2/C(=O)Nc3ccc(I)cc32)cc1[N+](=O)[O-]. The first-order valence-corrected chi connectivity index (χ1v) is 8.16. The van der Waals surface area contributed by atoms with Crippen LogP contribution in [-0.2, 0) is 4.79 Å². The fraction of sp³-hybridized carbons (Fsp3) is 0.0667. The number of hydrogen-bond acceptors (Lipinski definition) is 7. The van der Waals surface area contributed by atoms with Crippen LogP contribution in [0.25, 0.3) is 0 Å². The molecular weight excluding hydrogens is 457 g/mol. The van der Waals surface area contributed by atoms with Gasteiger partial charge in [0.2, 0.25) is 0 Å². The topological polar surface area (TPSA) is 136 Å². The molecule has 0 spiro atoms. The molecule has 1 aromatic heterocycles. The fourth-order valence-electron chi connectivity index (χ4n) is 2.26. The van der Waals surface area contributed by atoms with Crippen LogP contribution in [0.2, 0.25) is 0 Å². The number of nitro groups is 1. The number of fused-ring (bicyclic) bond motifs is 1. The van der Waals surface area contributed by atoms with Crippen molar-refractivity contribution in [1.29, 1.82) is 0 Å². The van der Waals surface area contributed by atoms with Crippen molar-refractivity contribution in [2.24, 2.45) is 5.10 Å². The lowest BCUT2D eigenvalue weighted by Crippen LogP contribution is -2.23. The van der Waals surface area contributed by atoms with Crippen molar-refractivity contribution in [3.05, 3.63) is 55.3 Å². The van der Waals surface area contributed by atoms with Gasteiger partial charge in [0.05, 0.1) is 23.3 Å². The maximum absolute atomic E-state index is 12.2. The highest BCUT2D eigenvalue weighted by Gasteiger charge is 2.27. The summed E-state index contributed by atoms with van der Waals surface area (Å²) in [5.74, 6) is -1.42. The molecule has 2 amide bonds. The summed E-state index contributed by atoms with van der Waals surface area (Å²) in [6.45, 7) is 0. The average Bonchev–Trinajstić information content (AvgIpc) is 2.93. The quantitative estimate of drug-likeness (QED) is 0.399. The molecule has 0 radical (unpaired) electrons. The number of aromatic nitrogens is 1. The molecule has 0 unspecified atom stereocenters. The molecule has 10 nitrogen and oxygen atoms in total. The maximum atomic E-state index is 12.2. The van der Waals surface area contributed by atoms with E-state index in [9.17, 15) is 19.7 Å². The lowest BCUT2D eigenvalue weighted by molar-refractivity contribution is -0.386. The van der Waals surface area contributed by atoms with Gasteiger partial charge in [0.1, 0.15) is 0 Å². The highest BCUT2D eigenvalue weighted by molar-refractivity contribution is 14.1. The van der Waals surface area contributed by atoms with Gasteiger partial charge in [-0.2, -0.15) is 5.10 Å². The summed E-state index contributed by atoms with van der Waals surface area (Å²) in [5, 5.41) is 17.5. The number of pyridine rings is 1. The molecule has 0 bridgehead atoms. The number of nitrogens with zero attached hydrogens (tertiary/aromatic N) is 3. The van der Waals surface area contributed by atoms with E-state index < -0.39 is 22.4 Å². The first-order valence-electron chi connectivity index (χ1n) is 7.08. The number of benzene rings is 1. The summed E-state index contributed by atoms with van der Waals surface area (Å²) in [6.07, 6.45) is 1.12. The molecule has 11 heteroatoms. The maximum Gasteiger partial charge on any atom is 0.331 e. The number of ether oxygens (including phenoxy) is 1. The molecule has 0 saturated heterocycles. The Bertz CT molecular complexity index is 975. The highest BCUT2D eigenvalue weighted by atomic mass is 127. The summed E-state index contributed by atoms with van der Waals surface area (Å²) in [5.41, 5.74) is 2.86. The normalized spacial score (nSPS) is 13.9. The van der Waals surface area contributed by atoms with Gasteiger partial charge in [-0.25, -0.2) is 10.4 Å². The van der Waals surface area contributed by atoms with Crippen LogP contribution in [0, 0.1) is 13.7 Å². The van der Waals surface area contributed by atoms with Gasteiger partial charge in [-0.1, -0.05) is 0 Å². The third-order valence-corrected chi connectivity index (χ3v) is 4.12. The Morgan fingerprint density at radius 1 is 1.42 bits per heavy atom. The number of amides is 2. The second-order valence-electron chi connectivity index (χ2n) is 5.05. The predicted molar refractivity (Wildman–Crippen MR) is 99.2 cm³/mol. The van der Waals surface area contributed by atoms with E-state index in [1.807, 2.05) is 6.07 Å². The van der Waals surface area contributed by atoms with E-state index in [4.69, 9.17) is 4.74 Å². The lowest BCUT2D eigenvalue weighted by Gasteiger charge is -2.04. The van der Waals surface area contributed by atoms with Gasteiger partial charge in [-0.15, -0.1) is 0 Å². The molecule has 2 aromatic rings. The summed E-state index contributed by atoms with van der Waals surface area (Å²) < 4.78 is 5.68.